The SMILES string of the molecule is N[Si](c1ccccc1)c1ccccc1. The molecule has 0 heterocycles. The minimum atomic E-state index is -1.04. The van der Waals surface area contributed by atoms with Gasteiger partial charge in [-0.15, -0.1) is 0 Å². The van der Waals surface area contributed by atoms with E-state index >= 15 is 0 Å². The Kier molecular flexibility index (Phi) is 2.77. The van der Waals surface area contributed by atoms with E-state index in [1.54, 1.807) is 0 Å². The monoisotopic (exact) mass is 198 g/mol. The lowest BCUT2D eigenvalue weighted by Gasteiger charge is -2.08. The van der Waals surface area contributed by atoms with Crippen LogP contribution in [0, 0.1) is 0 Å². The molecule has 69 valence electrons. The van der Waals surface area contributed by atoms with Gasteiger partial charge in [0.15, 0.2) is 0 Å². The van der Waals surface area contributed by atoms with Crippen molar-refractivity contribution in [1.82, 2.24) is 0 Å². The molecule has 0 spiro atoms. The van der Waals surface area contributed by atoms with Gasteiger partial charge in [-0.05, 0) is 10.4 Å². The predicted octanol–water partition coefficient (Wildman–Crippen LogP) is 0.751. The highest BCUT2D eigenvalue weighted by atomic mass is 28.3. The molecule has 0 atom stereocenters. The Morgan fingerprint density at radius 1 is 0.643 bits per heavy atom. The Balaban J connectivity index is 2.30. The molecule has 0 aromatic heterocycles. The summed E-state index contributed by atoms with van der Waals surface area (Å²) < 4.78 is 0. The first kappa shape index (κ1) is 9.18. The molecular formula is C12H12NSi. The van der Waals surface area contributed by atoms with E-state index in [9.17, 15) is 0 Å². The highest BCUT2D eigenvalue weighted by molar-refractivity contribution is 6.82. The van der Waals surface area contributed by atoms with E-state index in [1.165, 1.54) is 10.4 Å². The highest BCUT2D eigenvalue weighted by Crippen LogP contribution is 1.87. The fourth-order valence-corrected chi connectivity index (χ4v) is 2.84. The second-order valence-corrected chi connectivity index (χ2v) is 5.13. The van der Waals surface area contributed by atoms with Crippen molar-refractivity contribution < 1.29 is 0 Å². The molecule has 2 heteroatoms. The topological polar surface area (TPSA) is 26.0 Å². The maximum Gasteiger partial charge on any atom is 0.203 e. The molecule has 0 aliphatic rings. The zero-order valence-corrected chi connectivity index (χ0v) is 8.85. The van der Waals surface area contributed by atoms with Crippen LogP contribution in [0.25, 0.3) is 0 Å². The van der Waals surface area contributed by atoms with Crippen molar-refractivity contribution in [1.29, 1.82) is 0 Å². The van der Waals surface area contributed by atoms with Gasteiger partial charge in [0.2, 0.25) is 8.96 Å². The molecule has 2 aromatic rings. The van der Waals surface area contributed by atoms with E-state index in [2.05, 4.69) is 24.3 Å². The molecule has 0 saturated carbocycles. The summed E-state index contributed by atoms with van der Waals surface area (Å²) in [6, 6.07) is 20.6. The molecule has 0 amide bonds. The van der Waals surface area contributed by atoms with E-state index in [-0.39, 0.29) is 0 Å². The Labute approximate surface area is 85.9 Å². The first-order valence-electron chi connectivity index (χ1n) is 4.61. The molecule has 2 N–H and O–H groups in total. The minimum absolute atomic E-state index is 1.04. The van der Waals surface area contributed by atoms with Crippen LogP contribution in [-0.2, 0) is 0 Å². The highest BCUT2D eigenvalue weighted by Gasteiger charge is 2.10. The summed E-state index contributed by atoms with van der Waals surface area (Å²) >= 11 is 0. The third kappa shape index (κ3) is 1.92. The van der Waals surface area contributed by atoms with Crippen molar-refractivity contribution in [3.63, 3.8) is 0 Å². The van der Waals surface area contributed by atoms with Crippen LogP contribution >= 0.6 is 0 Å². The van der Waals surface area contributed by atoms with E-state index in [4.69, 9.17) is 5.40 Å². The normalized spacial score (nSPS) is 10.4. The van der Waals surface area contributed by atoms with Gasteiger partial charge in [0, 0.05) is 0 Å². The van der Waals surface area contributed by atoms with Gasteiger partial charge >= 0.3 is 0 Å². The van der Waals surface area contributed by atoms with Crippen molar-refractivity contribution in [2.24, 2.45) is 5.40 Å². The van der Waals surface area contributed by atoms with E-state index in [0.29, 0.717) is 0 Å². The van der Waals surface area contributed by atoms with E-state index < -0.39 is 8.96 Å². The van der Waals surface area contributed by atoms with Crippen LogP contribution in [-0.4, -0.2) is 8.96 Å². The fourth-order valence-electron chi connectivity index (χ4n) is 1.40. The van der Waals surface area contributed by atoms with Gasteiger partial charge in [0.1, 0.15) is 0 Å². The standard InChI is InChI=1S/C12H12NSi/c13-14(11-7-3-1-4-8-11)12-9-5-2-6-10-12/h1-10H,13H2. The van der Waals surface area contributed by atoms with Crippen molar-refractivity contribution in [3.05, 3.63) is 60.7 Å². The Hall–Kier alpha value is -1.38. The summed E-state index contributed by atoms with van der Waals surface area (Å²) in [7, 11) is -1.04. The van der Waals surface area contributed by atoms with Gasteiger partial charge < -0.3 is 5.40 Å². The first-order chi connectivity index (χ1) is 6.88. The van der Waals surface area contributed by atoms with Crippen LogP contribution in [0.5, 0.6) is 0 Å². The van der Waals surface area contributed by atoms with E-state index in [0.717, 1.165) is 0 Å². The van der Waals surface area contributed by atoms with Crippen molar-refractivity contribution in [2.45, 2.75) is 0 Å². The summed E-state index contributed by atoms with van der Waals surface area (Å²) in [6.45, 7) is 0. The Morgan fingerprint density at radius 3 is 1.36 bits per heavy atom. The second-order valence-electron chi connectivity index (χ2n) is 3.15. The van der Waals surface area contributed by atoms with Gasteiger partial charge in [-0.25, -0.2) is 0 Å². The Bertz CT molecular complexity index is 346. The van der Waals surface area contributed by atoms with Gasteiger partial charge in [-0.3, -0.25) is 0 Å². The van der Waals surface area contributed by atoms with Gasteiger partial charge in [0.05, 0.1) is 0 Å². The molecule has 0 saturated heterocycles. The van der Waals surface area contributed by atoms with Crippen molar-refractivity contribution in [2.75, 3.05) is 0 Å². The van der Waals surface area contributed by atoms with Crippen LogP contribution in [0.15, 0.2) is 60.7 Å². The van der Waals surface area contributed by atoms with Gasteiger partial charge in [-0.2, -0.15) is 0 Å². The van der Waals surface area contributed by atoms with Crippen LogP contribution in [0.3, 0.4) is 0 Å². The molecular weight excluding hydrogens is 186 g/mol. The van der Waals surface area contributed by atoms with Gasteiger partial charge in [-0.1, -0.05) is 60.7 Å². The largest absolute Gasteiger partial charge is 0.344 e. The number of benzene rings is 2. The Morgan fingerprint density at radius 2 is 1.00 bits per heavy atom. The summed E-state index contributed by atoms with van der Waals surface area (Å²) in [5.41, 5.74) is 0. The number of hydrogen-bond acceptors (Lipinski definition) is 1. The summed E-state index contributed by atoms with van der Waals surface area (Å²) in [4.78, 5) is 0. The van der Waals surface area contributed by atoms with Crippen molar-refractivity contribution in [3.8, 4) is 0 Å². The molecule has 14 heavy (non-hydrogen) atoms. The average molecular weight is 198 g/mol. The lowest BCUT2D eigenvalue weighted by molar-refractivity contribution is 1.69. The summed E-state index contributed by atoms with van der Waals surface area (Å²) in [5, 5.41) is 8.73. The zero-order chi connectivity index (χ0) is 9.80. The molecule has 0 fully saturated rings. The zero-order valence-electron chi connectivity index (χ0n) is 7.85. The average Bonchev–Trinajstić information content (AvgIpc) is 2.30. The van der Waals surface area contributed by atoms with Gasteiger partial charge in [0.25, 0.3) is 0 Å². The third-order valence-corrected chi connectivity index (χ3v) is 4.08. The molecule has 0 bridgehead atoms. The fraction of sp³-hybridized carbons (Fsp3) is 0. The first-order valence-corrected chi connectivity index (χ1v) is 6.19. The maximum absolute atomic E-state index is 6.22. The van der Waals surface area contributed by atoms with Crippen molar-refractivity contribution >= 4 is 19.3 Å². The number of nitrogens with two attached hydrogens (primary N) is 1. The number of rotatable bonds is 2. The molecule has 1 nitrogen and oxygen atoms in total. The molecule has 0 unspecified atom stereocenters. The molecule has 1 radical (unpaired) electrons. The maximum atomic E-state index is 6.22. The lowest BCUT2D eigenvalue weighted by Crippen LogP contribution is -2.50. The summed E-state index contributed by atoms with van der Waals surface area (Å²) in [6.07, 6.45) is 0. The molecule has 0 aliphatic heterocycles. The second kappa shape index (κ2) is 4.22. The summed E-state index contributed by atoms with van der Waals surface area (Å²) in [5.74, 6) is 0. The number of hydrogen-bond donors (Lipinski definition) is 1. The molecule has 2 rings (SSSR count). The van der Waals surface area contributed by atoms with Crippen LogP contribution in [0.1, 0.15) is 0 Å². The minimum Gasteiger partial charge on any atom is -0.344 e. The predicted molar refractivity (Wildman–Crippen MR) is 62.1 cm³/mol. The molecule has 2 aromatic carbocycles. The third-order valence-electron chi connectivity index (χ3n) is 2.17. The van der Waals surface area contributed by atoms with E-state index in [1.807, 2.05) is 36.4 Å². The van der Waals surface area contributed by atoms with Crippen LogP contribution in [0.4, 0.5) is 0 Å². The smallest absolute Gasteiger partial charge is 0.203 e. The quantitative estimate of drug-likeness (QED) is 0.708. The lowest BCUT2D eigenvalue weighted by atomic mass is 10.4. The molecule has 0 aliphatic carbocycles. The van der Waals surface area contributed by atoms with Crippen LogP contribution in [0.2, 0.25) is 0 Å². The van der Waals surface area contributed by atoms with Crippen LogP contribution < -0.4 is 15.8 Å².